The first-order valence-corrected chi connectivity index (χ1v) is 5.75. The van der Waals surface area contributed by atoms with Gasteiger partial charge in [0.1, 0.15) is 10.7 Å². The summed E-state index contributed by atoms with van der Waals surface area (Å²) in [6.07, 6.45) is 0. The van der Waals surface area contributed by atoms with E-state index in [4.69, 9.17) is 17.3 Å². The van der Waals surface area contributed by atoms with Crippen LogP contribution in [0.1, 0.15) is 10.5 Å². The Labute approximate surface area is 93.2 Å². The molecule has 0 unspecified atom stereocenters. The van der Waals surface area contributed by atoms with Gasteiger partial charge >= 0.3 is 0 Å². The lowest BCUT2D eigenvalue weighted by molar-refractivity contribution is 0.0996. The second-order valence-electron chi connectivity index (χ2n) is 2.51. The number of thiophene rings is 1. The number of aromatic nitrogens is 1. The first-order valence-electron chi connectivity index (χ1n) is 3.68. The van der Waals surface area contributed by atoms with Gasteiger partial charge in [-0.3, -0.25) is 4.79 Å². The third-order valence-electron chi connectivity index (χ3n) is 1.54. The predicted molar refractivity (Wildman–Crippen MR) is 59.0 cm³/mol. The molecule has 2 rings (SSSR count). The van der Waals surface area contributed by atoms with Crippen LogP contribution in [0.25, 0.3) is 9.88 Å². The Kier molecular flexibility index (Phi) is 2.54. The number of rotatable bonds is 2. The molecule has 0 bridgehead atoms. The minimum atomic E-state index is -0.504. The molecule has 0 saturated heterocycles. The summed E-state index contributed by atoms with van der Waals surface area (Å²) >= 11 is 8.59. The lowest BCUT2D eigenvalue weighted by Gasteiger charge is -1.86. The fourth-order valence-electron chi connectivity index (χ4n) is 0.929. The number of thiazole rings is 1. The highest BCUT2D eigenvalue weighted by Gasteiger charge is 2.09. The summed E-state index contributed by atoms with van der Waals surface area (Å²) in [6, 6.07) is 3.67. The van der Waals surface area contributed by atoms with Crippen LogP contribution >= 0.6 is 34.3 Å². The van der Waals surface area contributed by atoms with Crippen LogP contribution in [0, 0.1) is 0 Å². The number of hydrogen-bond acceptors (Lipinski definition) is 4. The van der Waals surface area contributed by atoms with Crippen LogP contribution < -0.4 is 5.73 Å². The molecule has 0 fully saturated rings. The van der Waals surface area contributed by atoms with Gasteiger partial charge in [0.05, 0.1) is 9.21 Å². The van der Waals surface area contributed by atoms with Crippen LogP contribution in [-0.2, 0) is 0 Å². The molecule has 72 valence electrons. The number of carbonyl (C=O) groups excluding carboxylic acids is 1. The quantitative estimate of drug-likeness (QED) is 0.883. The Bertz CT molecular complexity index is 477. The maximum absolute atomic E-state index is 10.8. The van der Waals surface area contributed by atoms with E-state index in [1.807, 2.05) is 6.07 Å². The predicted octanol–water partition coefficient (Wildman–Crippen LogP) is 2.62. The Morgan fingerprint density at radius 2 is 2.29 bits per heavy atom. The highest BCUT2D eigenvalue weighted by Crippen LogP contribution is 2.32. The van der Waals surface area contributed by atoms with Crippen molar-refractivity contribution in [1.29, 1.82) is 0 Å². The minimum Gasteiger partial charge on any atom is -0.364 e. The maximum atomic E-state index is 10.8. The fourth-order valence-corrected chi connectivity index (χ4v) is 2.85. The third-order valence-corrected chi connectivity index (χ3v) is 3.78. The Morgan fingerprint density at radius 3 is 2.79 bits per heavy atom. The Balaban J connectivity index is 2.38. The van der Waals surface area contributed by atoms with E-state index in [9.17, 15) is 4.79 Å². The van der Waals surface area contributed by atoms with Gasteiger partial charge in [0, 0.05) is 5.38 Å². The van der Waals surface area contributed by atoms with Crippen LogP contribution in [0.3, 0.4) is 0 Å². The van der Waals surface area contributed by atoms with Crippen molar-refractivity contribution in [1.82, 2.24) is 4.98 Å². The molecule has 0 aliphatic rings. The van der Waals surface area contributed by atoms with Crippen molar-refractivity contribution in [3.05, 3.63) is 27.5 Å². The number of nitrogens with zero attached hydrogens (tertiary/aromatic N) is 1. The van der Waals surface area contributed by atoms with Crippen molar-refractivity contribution >= 4 is 40.2 Å². The van der Waals surface area contributed by atoms with Crippen molar-refractivity contribution in [3.63, 3.8) is 0 Å². The summed E-state index contributed by atoms with van der Waals surface area (Å²) in [5.74, 6) is -0.504. The summed E-state index contributed by atoms with van der Waals surface area (Å²) in [6.45, 7) is 0. The van der Waals surface area contributed by atoms with Crippen LogP contribution in [0.5, 0.6) is 0 Å². The molecular weight excluding hydrogens is 240 g/mol. The molecule has 2 aromatic heterocycles. The van der Waals surface area contributed by atoms with Gasteiger partial charge in [-0.25, -0.2) is 4.98 Å². The number of carbonyl (C=O) groups is 1. The van der Waals surface area contributed by atoms with E-state index in [1.54, 1.807) is 11.4 Å². The van der Waals surface area contributed by atoms with E-state index < -0.39 is 5.91 Å². The lowest BCUT2D eigenvalue weighted by atomic mass is 10.4. The molecule has 2 heterocycles. The zero-order chi connectivity index (χ0) is 10.1. The zero-order valence-electron chi connectivity index (χ0n) is 6.86. The second-order valence-corrected chi connectivity index (χ2v) is 5.08. The van der Waals surface area contributed by atoms with Crippen molar-refractivity contribution in [3.8, 4) is 9.88 Å². The number of nitrogens with two attached hydrogens (primary N) is 1. The molecule has 0 aromatic carbocycles. The number of primary amides is 1. The van der Waals surface area contributed by atoms with Crippen molar-refractivity contribution < 1.29 is 4.79 Å². The largest absolute Gasteiger partial charge is 0.364 e. The van der Waals surface area contributed by atoms with Gasteiger partial charge in [-0.1, -0.05) is 11.6 Å². The van der Waals surface area contributed by atoms with Gasteiger partial charge in [0.15, 0.2) is 0 Å². The molecule has 0 aliphatic carbocycles. The van der Waals surface area contributed by atoms with Crippen LogP contribution in [0.15, 0.2) is 17.5 Å². The first-order chi connectivity index (χ1) is 6.66. The Morgan fingerprint density at radius 1 is 1.50 bits per heavy atom. The molecule has 2 N–H and O–H groups in total. The van der Waals surface area contributed by atoms with Crippen LogP contribution in [0.4, 0.5) is 0 Å². The maximum Gasteiger partial charge on any atom is 0.268 e. The molecule has 3 nitrogen and oxygen atoms in total. The smallest absolute Gasteiger partial charge is 0.268 e. The minimum absolute atomic E-state index is 0.300. The molecule has 6 heteroatoms. The van der Waals surface area contributed by atoms with E-state index >= 15 is 0 Å². The summed E-state index contributed by atoms with van der Waals surface area (Å²) in [5, 5.41) is 2.42. The fraction of sp³-hybridized carbons (Fsp3) is 0. The Hall–Kier alpha value is -0.910. The van der Waals surface area contributed by atoms with Crippen LogP contribution in [-0.4, -0.2) is 10.9 Å². The van der Waals surface area contributed by atoms with Crippen molar-refractivity contribution in [2.24, 2.45) is 5.73 Å². The van der Waals surface area contributed by atoms with Crippen LogP contribution in [0.2, 0.25) is 4.34 Å². The van der Waals surface area contributed by atoms with Crippen molar-refractivity contribution in [2.45, 2.75) is 0 Å². The van der Waals surface area contributed by atoms with Gasteiger partial charge in [-0.15, -0.1) is 22.7 Å². The van der Waals surface area contributed by atoms with E-state index in [1.165, 1.54) is 22.7 Å². The first kappa shape index (κ1) is 9.64. The van der Waals surface area contributed by atoms with E-state index in [-0.39, 0.29) is 0 Å². The molecule has 0 radical (unpaired) electrons. The van der Waals surface area contributed by atoms with E-state index in [0.717, 1.165) is 9.88 Å². The number of halogens is 1. The van der Waals surface area contributed by atoms with Gasteiger partial charge in [0.2, 0.25) is 0 Å². The molecule has 2 aromatic rings. The highest BCUT2D eigenvalue weighted by molar-refractivity contribution is 7.23. The summed E-state index contributed by atoms with van der Waals surface area (Å²) in [5.41, 5.74) is 5.39. The second kappa shape index (κ2) is 3.68. The molecule has 0 atom stereocenters. The number of hydrogen-bond donors (Lipinski definition) is 1. The molecule has 14 heavy (non-hydrogen) atoms. The SMILES string of the molecule is NC(=O)c1csc(-c2ccc(Cl)s2)n1. The molecule has 1 amide bonds. The van der Waals surface area contributed by atoms with E-state index in [2.05, 4.69) is 4.98 Å². The summed E-state index contributed by atoms with van der Waals surface area (Å²) in [7, 11) is 0. The number of amides is 1. The molecular formula is C8H5ClN2OS2. The normalized spacial score (nSPS) is 10.4. The summed E-state index contributed by atoms with van der Waals surface area (Å²) < 4.78 is 0.704. The standard InChI is InChI=1S/C8H5ClN2OS2/c9-6-2-1-5(14-6)8-11-4(3-13-8)7(10)12/h1-3H,(H2,10,12). The molecule has 0 saturated carbocycles. The zero-order valence-corrected chi connectivity index (χ0v) is 9.25. The van der Waals surface area contributed by atoms with Gasteiger partial charge in [-0.2, -0.15) is 0 Å². The molecule has 0 aliphatic heterocycles. The molecule has 0 spiro atoms. The van der Waals surface area contributed by atoms with Crippen molar-refractivity contribution in [2.75, 3.05) is 0 Å². The topological polar surface area (TPSA) is 56.0 Å². The van der Waals surface area contributed by atoms with Gasteiger partial charge < -0.3 is 5.73 Å². The summed E-state index contributed by atoms with van der Waals surface area (Å²) in [4.78, 5) is 15.8. The average Bonchev–Trinajstić information content (AvgIpc) is 2.70. The monoisotopic (exact) mass is 244 g/mol. The third kappa shape index (κ3) is 1.79. The average molecular weight is 245 g/mol. The lowest BCUT2D eigenvalue weighted by Crippen LogP contribution is -2.10. The van der Waals surface area contributed by atoms with Gasteiger partial charge in [-0.05, 0) is 12.1 Å². The van der Waals surface area contributed by atoms with Gasteiger partial charge in [0.25, 0.3) is 5.91 Å². The highest BCUT2D eigenvalue weighted by atomic mass is 35.5. The van der Waals surface area contributed by atoms with E-state index in [0.29, 0.717) is 10.0 Å².